The van der Waals surface area contributed by atoms with E-state index in [1.807, 2.05) is 0 Å². The van der Waals surface area contributed by atoms with Crippen LogP contribution in [-0.2, 0) is 9.47 Å². The third-order valence-electron chi connectivity index (χ3n) is 6.30. The molecule has 3 aliphatic rings. The first kappa shape index (κ1) is 20.0. The molecular formula is C20H40O2. The van der Waals surface area contributed by atoms with E-state index >= 15 is 0 Å². The first-order chi connectivity index (χ1) is 10.6. The summed E-state index contributed by atoms with van der Waals surface area (Å²) in [6, 6.07) is 0. The first-order valence-corrected chi connectivity index (χ1v) is 9.62. The van der Waals surface area contributed by atoms with Crippen molar-refractivity contribution in [3.05, 3.63) is 0 Å². The average molecular weight is 313 g/mol. The predicted octanol–water partition coefficient (Wildman–Crippen LogP) is 5.70. The summed E-state index contributed by atoms with van der Waals surface area (Å²) in [5.74, 6) is 4.80. The van der Waals surface area contributed by atoms with E-state index in [2.05, 4.69) is 27.7 Å². The maximum absolute atomic E-state index is 4.90. The van der Waals surface area contributed by atoms with Gasteiger partial charge in [-0.25, -0.2) is 0 Å². The van der Waals surface area contributed by atoms with E-state index in [9.17, 15) is 0 Å². The Morgan fingerprint density at radius 3 is 1.45 bits per heavy atom. The Labute approximate surface area is 139 Å². The quantitative estimate of drug-likeness (QED) is 0.663. The number of hydrogen-bond acceptors (Lipinski definition) is 2. The van der Waals surface area contributed by atoms with Gasteiger partial charge in [0.25, 0.3) is 0 Å². The van der Waals surface area contributed by atoms with E-state index in [1.165, 1.54) is 23.7 Å². The molecule has 0 heterocycles. The van der Waals surface area contributed by atoms with Crippen LogP contribution in [-0.4, -0.2) is 26.4 Å². The summed E-state index contributed by atoms with van der Waals surface area (Å²) < 4.78 is 9.80. The highest BCUT2D eigenvalue weighted by molar-refractivity contribution is 4.98. The van der Waals surface area contributed by atoms with Crippen LogP contribution in [0.2, 0.25) is 0 Å². The molecule has 6 unspecified atom stereocenters. The summed E-state index contributed by atoms with van der Waals surface area (Å²) in [6.45, 7) is 8.32. The second kappa shape index (κ2) is 10.6. The molecule has 0 aromatic heterocycles. The fourth-order valence-corrected chi connectivity index (χ4v) is 4.35. The van der Waals surface area contributed by atoms with Crippen LogP contribution in [0.25, 0.3) is 0 Å². The summed E-state index contributed by atoms with van der Waals surface area (Å²) in [6.07, 6.45) is 12.6. The molecule has 0 aromatic carbocycles. The van der Waals surface area contributed by atoms with Crippen LogP contribution in [0.15, 0.2) is 0 Å². The molecule has 2 bridgehead atoms. The van der Waals surface area contributed by atoms with Crippen molar-refractivity contribution in [1.82, 2.24) is 0 Å². The lowest BCUT2D eigenvalue weighted by Crippen LogP contribution is -2.15. The van der Waals surface area contributed by atoms with Gasteiger partial charge in [-0.15, -0.1) is 0 Å². The van der Waals surface area contributed by atoms with Crippen molar-refractivity contribution < 1.29 is 9.47 Å². The van der Waals surface area contributed by atoms with Crippen molar-refractivity contribution in [2.75, 3.05) is 14.2 Å². The molecule has 2 heteroatoms. The van der Waals surface area contributed by atoms with Crippen LogP contribution in [0.1, 0.15) is 79.1 Å². The molecule has 0 spiro atoms. The topological polar surface area (TPSA) is 18.5 Å². The van der Waals surface area contributed by atoms with Gasteiger partial charge in [0.1, 0.15) is 0 Å². The van der Waals surface area contributed by atoms with Crippen LogP contribution in [0.3, 0.4) is 0 Å². The normalized spacial score (nSPS) is 34.1. The maximum Gasteiger partial charge on any atom is 0.0540 e. The smallest absolute Gasteiger partial charge is 0.0540 e. The highest BCUT2D eigenvalue weighted by Crippen LogP contribution is 2.58. The van der Waals surface area contributed by atoms with Gasteiger partial charge in [-0.05, 0) is 82.5 Å². The van der Waals surface area contributed by atoms with Crippen LogP contribution in [0, 0.1) is 23.7 Å². The number of ether oxygens (including phenoxy) is 2. The lowest BCUT2D eigenvalue weighted by atomic mass is 9.82. The van der Waals surface area contributed by atoms with Crippen molar-refractivity contribution in [3.8, 4) is 0 Å². The van der Waals surface area contributed by atoms with Crippen molar-refractivity contribution >= 4 is 0 Å². The number of fused-ring (bicyclic) bond motifs is 5. The molecule has 132 valence electrons. The lowest BCUT2D eigenvalue weighted by Gasteiger charge is -2.23. The van der Waals surface area contributed by atoms with Crippen LogP contribution < -0.4 is 0 Å². The first-order valence-electron chi connectivity index (χ1n) is 9.62. The summed E-state index contributed by atoms with van der Waals surface area (Å²) in [5.41, 5.74) is 0. The van der Waals surface area contributed by atoms with Crippen molar-refractivity contribution in [1.29, 1.82) is 0 Å². The van der Waals surface area contributed by atoms with E-state index in [0.29, 0.717) is 12.2 Å². The molecule has 3 fully saturated rings. The number of rotatable bonds is 4. The van der Waals surface area contributed by atoms with Gasteiger partial charge in [0.15, 0.2) is 0 Å². The minimum absolute atomic E-state index is 0.435. The standard InChI is InChI=1S/C10H16.2C5H12O/c1-2-9-7-4-5-8(6-7)10(9)3-1;2*1-4-5(2)6-3/h7-10H,1-6H2;2*5H,4H2,1-3H3. The average Bonchev–Trinajstić information content (AvgIpc) is 3.27. The van der Waals surface area contributed by atoms with E-state index in [-0.39, 0.29) is 0 Å². The Morgan fingerprint density at radius 2 is 1.18 bits per heavy atom. The third kappa shape index (κ3) is 5.85. The molecule has 3 aliphatic carbocycles. The fourth-order valence-electron chi connectivity index (χ4n) is 4.35. The van der Waals surface area contributed by atoms with E-state index in [1.54, 1.807) is 52.7 Å². The second-order valence-electron chi connectivity index (χ2n) is 7.50. The van der Waals surface area contributed by atoms with Crippen molar-refractivity contribution in [3.63, 3.8) is 0 Å². The molecular weight excluding hydrogens is 272 g/mol. The Kier molecular flexibility index (Phi) is 9.66. The minimum atomic E-state index is 0.435. The van der Waals surface area contributed by atoms with Gasteiger partial charge in [0, 0.05) is 14.2 Å². The van der Waals surface area contributed by atoms with Crippen LogP contribution in [0.5, 0.6) is 0 Å². The van der Waals surface area contributed by atoms with E-state index < -0.39 is 0 Å². The number of hydrogen-bond donors (Lipinski definition) is 0. The fraction of sp³-hybridized carbons (Fsp3) is 1.00. The third-order valence-corrected chi connectivity index (χ3v) is 6.30. The molecule has 0 amide bonds. The highest BCUT2D eigenvalue weighted by atomic mass is 16.5. The Bertz CT molecular complexity index is 245. The lowest BCUT2D eigenvalue weighted by molar-refractivity contribution is 0.115. The summed E-state index contributed by atoms with van der Waals surface area (Å²) in [7, 11) is 3.46. The van der Waals surface area contributed by atoms with Crippen LogP contribution >= 0.6 is 0 Å². The van der Waals surface area contributed by atoms with Gasteiger partial charge in [-0.3, -0.25) is 0 Å². The van der Waals surface area contributed by atoms with Crippen LogP contribution in [0.4, 0.5) is 0 Å². The Balaban J connectivity index is 0.000000179. The SMILES string of the molecule is C1CC2C3CCC(C3)C2C1.CCC(C)OC.CCC(C)OC. The largest absolute Gasteiger partial charge is 0.382 e. The molecule has 0 aromatic rings. The zero-order valence-electron chi connectivity index (χ0n) is 15.9. The Morgan fingerprint density at radius 1 is 0.773 bits per heavy atom. The van der Waals surface area contributed by atoms with Crippen molar-refractivity contribution in [2.24, 2.45) is 23.7 Å². The molecule has 3 saturated carbocycles. The molecule has 2 nitrogen and oxygen atoms in total. The highest BCUT2D eigenvalue weighted by Gasteiger charge is 2.48. The van der Waals surface area contributed by atoms with Gasteiger partial charge >= 0.3 is 0 Å². The van der Waals surface area contributed by atoms with Gasteiger partial charge in [-0.1, -0.05) is 20.3 Å². The molecule has 0 aliphatic heterocycles. The monoisotopic (exact) mass is 312 g/mol. The molecule has 0 saturated heterocycles. The maximum atomic E-state index is 4.90. The molecule has 0 radical (unpaired) electrons. The molecule has 3 rings (SSSR count). The molecule has 0 N–H and O–H groups in total. The summed E-state index contributed by atoms with van der Waals surface area (Å²) in [4.78, 5) is 0. The number of methoxy groups -OCH3 is 2. The van der Waals surface area contributed by atoms with E-state index in [4.69, 9.17) is 9.47 Å². The van der Waals surface area contributed by atoms with Gasteiger partial charge < -0.3 is 9.47 Å². The summed E-state index contributed by atoms with van der Waals surface area (Å²) >= 11 is 0. The van der Waals surface area contributed by atoms with E-state index in [0.717, 1.165) is 12.8 Å². The Hall–Kier alpha value is -0.0800. The summed E-state index contributed by atoms with van der Waals surface area (Å²) in [5, 5.41) is 0. The van der Waals surface area contributed by atoms with Gasteiger partial charge in [0.05, 0.1) is 12.2 Å². The molecule has 6 atom stereocenters. The van der Waals surface area contributed by atoms with Crippen molar-refractivity contribution in [2.45, 2.75) is 91.3 Å². The zero-order chi connectivity index (χ0) is 16.5. The van der Waals surface area contributed by atoms with Gasteiger partial charge in [0.2, 0.25) is 0 Å². The zero-order valence-corrected chi connectivity index (χ0v) is 15.9. The molecule has 22 heavy (non-hydrogen) atoms. The minimum Gasteiger partial charge on any atom is -0.382 e. The second-order valence-corrected chi connectivity index (χ2v) is 7.50. The predicted molar refractivity (Wildman–Crippen MR) is 95.2 cm³/mol. The van der Waals surface area contributed by atoms with Gasteiger partial charge in [-0.2, -0.15) is 0 Å².